The fraction of sp³-hybridized carbons (Fsp3) is 0.611. The Kier molecular flexibility index (Phi) is 8.36. The van der Waals surface area contributed by atoms with Crippen LogP contribution >= 0.6 is 12.4 Å². The van der Waals surface area contributed by atoms with Gasteiger partial charge in [-0.2, -0.15) is 0 Å². The zero-order valence-electron chi connectivity index (χ0n) is 14.8. The molecule has 1 aromatic rings. The van der Waals surface area contributed by atoms with Gasteiger partial charge in [0.15, 0.2) is 0 Å². The third kappa shape index (κ3) is 4.77. The Morgan fingerprint density at radius 3 is 2.21 bits per heavy atom. The molecule has 1 aromatic carbocycles. The lowest BCUT2D eigenvalue weighted by Gasteiger charge is -2.30. The summed E-state index contributed by atoms with van der Waals surface area (Å²) in [5, 5.41) is 3.10. The molecule has 1 amide bonds. The fourth-order valence-corrected chi connectivity index (χ4v) is 3.37. The second-order valence-corrected chi connectivity index (χ2v) is 6.22. The average molecular weight is 357 g/mol. The molecule has 0 bridgehead atoms. The van der Waals surface area contributed by atoms with Crippen molar-refractivity contribution in [3.63, 3.8) is 0 Å². The van der Waals surface area contributed by atoms with Gasteiger partial charge in [-0.1, -0.05) is 19.3 Å². The summed E-state index contributed by atoms with van der Waals surface area (Å²) >= 11 is 0. The van der Waals surface area contributed by atoms with Crippen LogP contribution in [0.5, 0.6) is 11.5 Å². The zero-order valence-corrected chi connectivity index (χ0v) is 15.6. The summed E-state index contributed by atoms with van der Waals surface area (Å²) in [5.74, 6) is 1.66. The van der Waals surface area contributed by atoms with Crippen molar-refractivity contribution < 1.29 is 14.3 Å². The quantitative estimate of drug-likeness (QED) is 0.821. The van der Waals surface area contributed by atoms with Gasteiger partial charge in [0, 0.05) is 23.7 Å². The van der Waals surface area contributed by atoms with Crippen LogP contribution in [0.25, 0.3) is 0 Å². The predicted molar refractivity (Wildman–Crippen MR) is 98.4 cm³/mol. The summed E-state index contributed by atoms with van der Waals surface area (Å²) in [6, 6.07) is 3.53. The lowest BCUT2D eigenvalue weighted by molar-refractivity contribution is 0.0915. The molecule has 5 nitrogen and oxygen atoms in total. The van der Waals surface area contributed by atoms with E-state index in [1.165, 1.54) is 19.3 Å². The van der Waals surface area contributed by atoms with E-state index in [2.05, 4.69) is 5.32 Å². The molecule has 1 aliphatic carbocycles. The molecule has 0 spiro atoms. The molecule has 0 saturated heterocycles. The maximum Gasteiger partial charge on any atom is 0.251 e. The SMILES string of the molecule is COc1cc(C(=O)NC(CN)C2CCCCC2)cc(OC)c1C.Cl. The number of halogens is 1. The molecule has 136 valence electrons. The summed E-state index contributed by atoms with van der Waals surface area (Å²) in [7, 11) is 3.18. The second kappa shape index (κ2) is 9.74. The molecular formula is C18H29ClN2O3. The number of methoxy groups -OCH3 is 2. The molecule has 1 saturated carbocycles. The number of benzene rings is 1. The van der Waals surface area contributed by atoms with Crippen molar-refractivity contribution in [2.75, 3.05) is 20.8 Å². The molecule has 1 atom stereocenters. The van der Waals surface area contributed by atoms with Crippen LogP contribution in [-0.2, 0) is 0 Å². The number of carbonyl (C=O) groups excluding carboxylic acids is 1. The Morgan fingerprint density at radius 2 is 1.75 bits per heavy atom. The molecule has 3 N–H and O–H groups in total. The van der Waals surface area contributed by atoms with Crippen molar-refractivity contribution in [3.05, 3.63) is 23.3 Å². The van der Waals surface area contributed by atoms with Gasteiger partial charge >= 0.3 is 0 Å². The first-order valence-corrected chi connectivity index (χ1v) is 8.34. The third-order valence-electron chi connectivity index (χ3n) is 4.80. The molecule has 0 radical (unpaired) electrons. The molecular weight excluding hydrogens is 328 g/mol. The lowest BCUT2D eigenvalue weighted by atomic mass is 9.84. The number of hydrogen-bond acceptors (Lipinski definition) is 4. The van der Waals surface area contributed by atoms with E-state index in [-0.39, 0.29) is 24.4 Å². The minimum Gasteiger partial charge on any atom is -0.496 e. The Balaban J connectivity index is 0.00000288. The lowest BCUT2D eigenvalue weighted by Crippen LogP contribution is -2.45. The Bertz CT molecular complexity index is 520. The molecule has 1 fully saturated rings. The van der Waals surface area contributed by atoms with E-state index in [9.17, 15) is 4.79 Å². The first kappa shape index (κ1) is 20.6. The maximum absolute atomic E-state index is 12.6. The van der Waals surface area contributed by atoms with Crippen LogP contribution in [0, 0.1) is 12.8 Å². The van der Waals surface area contributed by atoms with E-state index in [0.717, 1.165) is 18.4 Å². The molecule has 1 unspecified atom stereocenters. The average Bonchev–Trinajstić information content (AvgIpc) is 2.60. The van der Waals surface area contributed by atoms with Crippen molar-refractivity contribution in [1.29, 1.82) is 0 Å². The van der Waals surface area contributed by atoms with Gasteiger partial charge < -0.3 is 20.5 Å². The van der Waals surface area contributed by atoms with Gasteiger partial charge in [0.05, 0.1) is 14.2 Å². The van der Waals surface area contributed by atoms with Crippen LogP contribution in [0.2, 0.25) is 0 Å². The van der Waals surface area contributed by atoms with Gasteiger partial charge in [-0.25, -0.2) is 0 Å². The molecule has 0 aliphatic heterocycles. The first-order valence-electron chi connectivity index (χ1n) is 8.34. The summed E-state index contributed by atoms with van der Waals surface area (Å²) in [5.41, 5.74) is 7.33. The minimum absolute atomic E-state index is 0. The van der Waals surface area contributed by atoms with Crippen molar-refractivity contribution in [3.8, 4) is 11.5 Å². The third-order valence-corrected chi connectivity index (χ3v) is 4.80. The van der Waals surface area contributed by atoms with Crippen LogP contribution in [0.4, 0.5) is 0 Å². The van der Waals surface area contributed by atoms with Gasteiger partial charge in [0.25, 0.3) is 5.91 Å². The van der Waals surface area contributed by atoms with Crippen molar-refractivity contribution in [2.45, 2.75) is 45.1 Å². The van der Waals surface area contributed by atoms with Crippen LogP contribution in [-0.4, -0.2) is 32.7 Å². The Labute approximate surface area is 150 Å². The number of rotatable bonds is 6. The predicted octanol–water partition coefficient (Wildman–Crippen LogP) is 3.07. The van der Waals surface area contributed by atoms with Gasteiger partial charge in [-0.3, -0.25) is 4.79 Å². The van der Waals surface area contributed by atoms with Gasteiger partial charge in [-0.15, -0.1) is 12.4 Å². The summed E-state index contributed by atoms with van der Waals surface area (Å²) in [6.45, 7) is 2.38. The normalized spacial score (nSPS) is 16.0. The molecule has 2 rings (SSSR count). The highest BCUT2D eigenvalue weighted by Crippen LogP contribution is 2.30. The largest absolute Gasteiger partial charge is 0.496 e. The van der Waals surface area contributed by atoms with Crippen molar-refractivity contribution in [2.24, 2.45) is 11.7 Å². The van der Waals surface area contributed by atoms with E-state index in [4.69, 9.17) is 15.2 Å². The Morgan fingerprint density at radius 1 is 1.21 bits per heavy atom. The van der Waals surface area contributed by atoms with Crippen molar-refractivity contribution in [1.82, 2.24) is 5.32 Å². The number of nitrogens with two attached hydrogens (primary N) is 1. The summed E-state index contributed by atoms with van der Waals surface area (Å²) in [6.07, 6.45) is 6.02. The van der Waals surface area contributed by atoms with Gasteiger partial charge in [-0.05, 0) is 37.8 Å². The highest BCUT2D eigenvalue weighted by atomic mass is 35.5. The van der Waals surface area contributed by atoms with Gasteiger partial charge in [0.2, 0.25) is 0 Å². The number of carbonyl (C=O) groups is 1. The fourth-order valence-electron chi connectivity index (χ4n) is 3.37. The monoisotopic (exact) mass is 356 g/mol. The first-order chi connectivity index (χ1) is 11.1. The standard InChI is InChI=1S/C18H28N2O3.ClH/c1-12-16(22-2)9-14(10-17(12)23-3)18(21)20-15(11-19)13-7-5-4-6-8-13;/h9-10,13,15H,4-8,11,19H2,1-3H3,(H,20,21);1H. The van der Waals surface area contributed by atoms with Crippen LogP contribution in [0.15, 0.2) is 12.1 Å². The van der Waals surface area contributed by atoms with Crippen LogP contribution in [0.3, 0.4) is 0 Å². The highest BCUT2D eigenvalue weighted by molar-refractivity contribution is 5.95. The number of ether oxygens (including phenoxy) is 2. The van der Waals surface area contributed by atoms with E-state index < -0.39 is 0 Å². The summed E-state index contributed by atoms with van der Waals surface area (Å²) in [4.78, 5) is 12.6. The Hall–Kier alpha value is -1.46. The maximum atomic E-state index is 12.6. The number of hydrogen-bond donors (Lipinski definition) is 2. The summed E-state index contributed by atoms with van der Waals surface area (Å²) < 4.78 is 10.7. The van der Waals surface area contributed by atoms with Crippen LogP contribution in [0.1, 0.15) is 48.0 Å². The van der Waals surface area contributed by atoms with Crippen molar-refractivity contribution >= 4 is 18.3 Å². The number of nitrogens with one attached hydrogen (secondary N) is 1. The highest BCUT2D eigenvalue weighted by Gasteiger charge is 2.25. The van der Waals surface area contributed by atoms with E-state index >= 15 is 0 Å². The van der Waals surface area contributed by atoms with Crippen LogP contribution < -0.4 is 20.5 Å². The van der Waals surface area contributed by atoms with E-state index in [1.54, 1.807) is 26.4 Å². The van der Waals surface area contributed by atoms with E-state index in [0.29, 0.717) is 29.5 Å². The number of amides is 1. The van der Waals surface area contributed by atoms with E-state index in [1.807, 2.05) is 6.92 Å². The van der Waals surface area contributed by atoms with Gasteiger partial charge in [0.1, 0.15) is 11.5 Å². The topological polar surface area (TPSA) is 73.6 Å². The zero-order chi connectivity index (χ0) is 16.8. The minimum atomic E-state index is -0.123. The smallest absolute Gasteiger partial charge is 0.251 e. The molecule has 1 aliphatic rings. The second-order valence-electron chi connectivity index (χ2n) is 6.22. The molecule has 0 aromatic heterocycles. The molecule has 6 heteroatoms. The molecule has 24 heavy (non-hydrogen) atoms. The molecule has 0 heterocycles.